The average Bonchev–Trinajstić information content (AvgIpc) is 2.97. The van der Waals surface area contributed by atoms with Gasteiger partial charge in [0.05, 0.1) is 23.7 Å². The molecule has 3 rings (SSSR count). The number of carbonyl (C=O) groups is 1. The molecule has 4 nitrogen and oxygen atoms in total. The predicted octanol–water partition coefficient (Wildman–Crippen LogP) is 3.88. The van der Waals surface area contributed by atoms with Gasteiger partial charge in [-0.2, -0.15) is 16.8 Å². The van der Waals surface area contributed by atoms with E-state index in [4.69, 9.17) is 4.74 Å². The molecule has 0 fully saturated rings. The lowest BCUT2D eigenvalue weighted by Crippen LogP contribution is -2.18. The van der Waals surface area contributed by atoms with Gasteiger partial charge in [0, 0.05) is 12.3 Å². The van der Waals surface area contributed by atoms with E-state index in [1.165, 1.54) is 23.5 Å². The molecule has 1 heterocycles. The summed E-state index contributed by atoms with van der Waals surface area (Å²) in [6.45, 7) is 0.774. The molecule has 0 saturated carbocycles. The van der Waals surface area contributed by atoms with Crippen LogP contribution < -0.4 is 9.54 Å². The lowest BCUT2D eigenvalue weighted by atomic mass is 10.1. The van der Waals surface area contributed by atoms with Crippen LogP contribution in [0.3, 0.4) is 0 Å². The van der Waals surface area contributed by atoms with Crippen molar-refractivity contribution < 1.29 is 13.9 Å². The molecule has 1 aromatic heterocycles. The molecule has 1 amide bonds. The standard InChI is InChI=1S/C19H19FN2O2S2/c1-24-15-7-8-16-17(12-15)26-19(22(16)9-10-25-2)21-18(23)11-13-3-5-14(20)6-4-13/h3-8,12H,9-11H2,1-2H3. The molecule has 26 heavy (non-hydrogen) atoms. The van der Waals surface area contributed by atoms with Crippen molar-refractivity contribution in [3.8, 4) is 5.75 Å². The second-order valence-corrected chi connectivity index (χ2v) is 7.67. The van der Waals surface area contributed by atoms with Crippen molar-refractivity contribution in [2.45, 2.75) is 13.0 Å². The number of aromatic nitrogens is 1. The van der Waals surface area contributed by atoms with Gasteiger partial charge in [-0.25, -0.2) is 4.39 Å². The third-order valence-corrected chi connectivity index (χ3v) is 5.53. The van der Waals surface area contributed by atoms with Gasteiger partial charge in [0.2, 0.25) is 0 Å². The zero-order valence-corrected chi connectivity index (χ0v) is 16.2. The monoisotopic (exact) mass is 390 g/mol. The van der Waals surface area contributed by atoms with Crippen LogP contribution in [0.5, 0.6) is 5.75 Å². The molecule has 0 atom stereocenters. The number of benzene rings is 2. The molecule has 0 spiro atoms. The van der Waals surface area contributed by atoms with Crippen LogP contribution >= 0.6 is 23.1 Å². The number of nitrogens with zero attached hydrogens (tertiary/aromatic N) is 2. The molecule has 136 valence electrons. The van der Waals surface area contributed by atoms with Crippen molar-refractivity contribution in [3.63, 3.8) is 0 Å². The van der Waals surface area contributed by atoms with E-state index in [1.807, 2.05) is 18.2 Å². The molecule has 7 heteroatoms. The fourth-order valence-electron chi connectivity index (χ4n) is 2.59. The fourth-order valence-corrected chi connectivity index (χ4v) is 4.05. The topological polar surface area (TPSA) is 43.6 Å². The number of halogens is 1. The number of aryl methyl sites for hydroxylation is 1. The highest BCUT2D eigenvalue weighted by atomic mass is 32.2. The van der Waals surface area contributed by atoms with Gasteiger partial charge in [-0.1, -0.05) is 23.5 Å². The van der Waals surface area contributed by atoms with E-state index in [-0.39, 0.29) is 18.1 Å². The van der Waals surface area contributed by atoms with Gasteiger partial charge in [-0.15, -0.1) is 0 Å². The minimum atomic E-state index is -0.313. The number of methoxy groups -OCH3 is 1. The third kappa shape index (κ3) is 4.34. The van der Waals surface area contributed by atoms with Gasteiger partial charge in [-0.05, 0) is 42.2 Å². The quantitative estimate of drug-likeness (QED) is 0.641. The number of fused-ring (bicyclic) bond motifs is 1. The first-order chi connectivity index (χ1) is 12.6. The number of ether oxygens (including phenoxy) is 1. The normalized spacial score (nSPS) is 11.9. The van der Waals surface area contributed by atoms with Gasteiger partial charge in [0.15, 0.2) is 4.80 Å². The van der Waals surface area contributed by atoms with Gasteiger partial charge < -0.3 is 9.30 Å². The van der Waals surface area contributed by atoms with Crippen molar-refractivity contribution in [2.75, 3.05) is 19.1 Å². The Kier molecular flexibility index (Phi) is 6.11. The molecule has 0 aliphatic rings. The Morgan fingerprint density at radius 2 is 2.04 bits per heavy atom. The van der Waals surface area contributed by atoms with E-state index in [1.54, 1.807) is 31.0 Å². The van der Waals surface area contributed by atoms with Crippen LogP contribution in [0, 0.1) is 5.82 Å². The van der Waals surface area contributed by atoms with Crippen LogP contribution in [0.15, 0.2) is 47.5 Å². The molecular weight excluding hydrogens is 371 g/mol. The van der Waals surface area contributed by atoms with Crippen LogP contribution in [-0.4, -0.2) is 29.6 Å². The Bertz CT molecular complexity index is 977. The summed E-state index contributed by atoms with van der Waals surface area (Å²) in [4.78, 5) is 17.4. The first-order valence-corrected chi connectivity index (χ1v) is 10.3. The number of rotatable bonds is 6. The van der Waals surface area contributed by atoms with Gasteiger partial charge >= 0.3 is 0 Å². The number of carbonyl (C=O) groups excluding carboxylic acids is 1. The van der Waals surface area contributed by atoms with Crippen molar-refractivity contribution in [2.24, 2.45) is 4.99 Å². The summed E-state index contributed by atoms with van der Waals surface area (Å²) in [6, 6.07) is 11.8. The SMILES string of the molecule is COc1ccc2c(c1)sc(=NC(=O)Cc1ccc(F)cc1)n2CCSC. The second kappa shape index (κ2) is 8.51. The molecule has 0 bridgehead atoms. The van der Waals surface area contributed by atoms with Crippen molar-refractivity contribution >= 4 is 39.2 Å². The number of thioether (sulfide) groups is 1. The van der Waals surface area contributed by atoms with Crippen LogP contribution in [0.25, 0.3) is 10.2 Å². The van der Waals surface area contributed by atoms with Crippen molar-refractivity contribution in [1.82, 2.24) is 4.57 Å². The van der Waals surface area contributed by atoms with Crippen LogP contribution in [0.4, 0.5) is 4.39 Å². The molecule has 0 aliphatic heterocycles. The molecule has 0 saturated heterocycles. The van der Waals surface area contributed by atoms with Crippen molar-refractivity contribution in [1.29, 1.82) is 0 Å². The fraction of sp³-hybridized carbons (Fsp3) is 0.263. The smallest absolute Gasteiger partial charge is 0.252 e. The van der Waals surface area contributed by atoms with E-state index in [2.05, 4.69) is 15.8 Å². The number of thiazole rings is 1. The highest BCUT2D eigenvalue weighted by molar-refractivity contribution is 7.98. The Morgan fingerprint density at radius 1 is 1.27 bits per heavy atom. The summed E-state index contributed by atoms with van der Waals surface area (Å²) >= 11 is 3.22. The van der Waals surface area contributed by atoms with Crippen LogP contribution in [-0.2, 0) is 17.8 Å². The van der Waals surface area contributed by atoms with Gasteiger partial charge in [0.25, 0.3) is 5.91 Å². The second-order valence-electron chi connectivity index (χ2n) is 5.67. The van der Waals surface area contributed by atoms with E-state index in [0.717, 1.165) is 33.8 Å². The zero-order chi connectivity index (χ0) is 18.5. The summed E-state index contributed by atoms with van der Waals surface area (Å²) in [7, 11) is 1.63. The predicted molar refractivity (Wildman–Crippen MR) is 105 cm³/mol. The maximum atomic E-state index is 13.0. The average molecular weight is 391 g/mol. The summed E-state index contributed by atoms with van der Waals surface area (Å²) in [5, 5.41) is 0. The lowest BCUT2D eigenvalue weighted by Gasteiger charge is -2.04. The Morgan fingerprint density at radius 3 is 2.73 bits per heavy atom. The highest BCUT2D eigenvalue weighted by Crippen LogP contribution is 2.23. The van der Waals surface area contributed by atoms with E-state index in [9.17, 15) is 9.18 Å². The maximum Gasteiger partial charge on any atom is 0.252 e. The molecule has 0 aliphatic carbocycles. The first-order valence-electron chi connectivity index (χ1n) is 8.09. The lowest BCUT2D eigenvalue weighted by molar-refractivity contribution is -0.117. The summed E-state index contributed by atoms with van der Waals surface area (Å²) < 4.78 is 21.4. The summed E-state index contributed by atoms with van der Waals surface area (Å²) in [5.41, 5.74) is 1.79. The maximum absolute atomic E-state index is 13.0. The largest absolute Gasteiger partial charge is 0.497 e. The van der Waals surface area contributed by atoms with Gasteiger partial charge in [0.1, 0.15) is 11.6 Å². The molecule has 2 aromatic carbocycles. The minimum absolute atomic E-state index is 0.153. The van der Waals surface area contributed by atoms with E-state index in [0.29, 0.717) is 4.80 Å². The number of hydrogen-bond acceptors (Lipinski definition) is 4. The Balaban J connectivity index is 1.96. The zero-order valence-electron chi connectivity index (χ0n) is 14.6. The molecular formula is C19H19FN2O2S2. The summed E-state index contributed by atoms with van der Waals surface area (Å²) in [5.74, 6) is 1.15. The van der Waals surface area contributed by atoms with Crippen molar-refractivity contribution in [3.05, 3.63) is 58.6 Å². The Labute approximate surface area is 159 Å². The molecule has 0 N–H and O–H groups in total. The minimum Gasteiger partial charge on any atom is -0.497 e. The number of hydrogen-bond donors (Lipinski definition) is 0. The Hall–Kier alpha value is -2.12. The van der Waals surface area contributed by atoms with Crippen LogP contribution in [0.1, 0.15) is 5.56 Å². The molecule has 0 unspecified atom stereocenters. The third-order valence-electron chi connectivity index (χ3n) is 3.90. The van der Waals surface area contributed by atoms with E-state index < -0.39 is 0 Å². The highest BCUT2D eigenvalue weighted by Gasteiger charge is 2.09. The van der Waals surface area contributed by atoms with Gasteiger partial charge in [-0.3, -0.25) is 4.79 Å². The summed E-state index contributed by atoms with van der Waals surface area (Å²) in [6.07, 6.45) is 2.20. The number of amides is 1. The first kappa shape index (κ1) is 18.7. The molecule has 0 radical (unpaired) electrons. The van der Waals surface area contributed by atoms with E-state index >= 15 is 0 Å². The molecule has 3 aromatic rings. The van der Waals surface area contributed by atoms with Crippen LogP contribution in [0.2, 0.25) is 0 Å².